The topological polar surface area (TPSA) is 71.5 Å². The molecule has 0 aromatic carbocycles. The predicted octanol–water partition coefficient (Wildman–Crippen LogP) is 0.362. The van der Waals surface area contributed by atoms with E-state index in [1.807, 2.05) is 0 Å². The van der Waals surface area contributed by atoms with Gasteiger partial charge in [0, 0.05) is 25.3 Å². The van der Waals surface area contributed by atoms with E-state index in [0.717, 1.165) is 25.5 Å². The van der Waals surface area contributed by atoms with Crippen molar-refractivity contribution in [1.82, 2.24) is 14.6 Å². The second-order valence-corrected chi connectivity index (χ2v) is 7.07. The van der Waals surface area contributed by atoms with Crippen molar-refractivity contribution < 1.29 is 17.5 Å². The van der Waals surface area contributed by atoms with Gasteiger partial charge in [-0.3, -0.25) is 4.90 Å². The van der Waals surface area contributed by atoms with Crippen LogP contribution in [0.25, 0.3) is 0 Å². The molecule has 21 heavy (non-hydrogen) atoms. The molecular weight excluding hydrogens is 297 g/mol. The van der Waals surface area contributed by atoms with Crippen LogP contribution < -0.4 is 4.72 Å². The third-order valence-electron chi connectivity index (χ3n) is 3.94. The highest BCUT2D eigenvalue weighted by Crippen LogP contribution is 2.22. The number of hydrogen-bond donors (Lipinski definition) is 1. The highest BCUT2D eigenvalue weighted by molar-refractivity contribution is 7.89. The number of morpholine rings is 1. The first kappa shape index (κ1) is 14.8. The van der Waals surface area contributed by atoms with Gasteiger partial charge in [-0.05, 0) is 31.5 Å². The molecule has 116 valence electrons. The van der Waals surface area contributed by atoms with Crippen LogP contribution in [-0.2, 0) is 14.8 Å². The van der Waals surface area contributed by atoms with E-state index < -0.39 is 20.9 Å². The summed E-state index contributed by atoms with van der Waals surface area (Å²) in [6, 6.07) is 2.89. The fourth-order valence-electron chi connectivity index (χ4n) is 2.85. The van der Waals surface area contributed by atoms with Crippen LogP contribution in [0, 0.1) is 5.82 Å². The third kappa shape index (κ3) is 3.23. The Balaban J connectivity index is 1.61. The SMILES string of the molecule is O=S(=O)(NCC1CN2CCCC2CO1)c1ncccc1F. The molecule has 6 nitrogen and oxygen atoms in total. The molecule has 0 amide bonds. The van der Waals surface area contributed by atoms with Crippen molar-refractivity contribution in [2.75, 3.05) is 26.2 Å². The summed E-state index contributed by atoms with van der Waals surface area (Å²) < 4.78 is 45.6. The first-order valence-electron chi connectivity index (χ1n) is 7.02. The van der Waals surface area contributed by atoms with Crippen molar-refractivity contribution in [3.05, 3.63) is 24.1 Å². The lowest BCUT2D eigenvalue weighted by molar-refractivity contribution is -0.0449. The van der Waals surface area contributed by atoms with Crippen LogP contribution in [-0.4, -0.2) is 56.7 Å². The van der Waals surface area contributed by atoms with Gasteiger partial charge in [0.1, 0.15) is 0 Å². The third-order valence-corrected chi connectivity index (χ3v) is 5.30. The van der Waals surface area contributed by atoms with Gasteiger partial charge in [0.2, 0.25) is 5.03 Å². The first-order chi connectivity index (χ1) is 10.1. The van der Waals surface area contributed by atoms with Crippen molar-refractivity contribution in [2.24, 2.45) is 0 Å². The number of ether oxygens (including phenoxy) is 1. The van der Waals surface area contributed by atoms with E-state index >= 15 is 0 Å². The van der Waals surface area contributed by atoms with Crippen LogP contribution in [0.1, 0.15) is 12.8 Å². The van der Waals surface area contributed by atoms with Crippen LogP contribution in [0.5, 0.6) is 0 Å². The Morgan fingerprint density at radius 3 is 3.19 bits per heavy atom. The molecule has 3 rings (SSSR count). The van der Waals surface area contributed by atoms with Gasteiger partial charge in [-0.2, -0.15) is 0 Å². The molecule has 1 aromatic heterocycles. The molecule has 1 N–H and O–H groups in total. The van der Waals surface area contributed by atoms with E-state index in [1.54, 1.807) is 0 Å². The van der Waals surface area contributed by atoms with Crippen molar-refractivity contribution in [3.63, 3.8) is 0 Å². The maximum atomic E-state index is 13.5. The number of hydrogen-bond acceptors (Lipinski definition) is 5. The van der Waals surface area contributed by atoms with Gasteiger partial charge in [0.15, 0.2) is 5.82 Å². The molecule has 1 aromatic rings. The zero-order valence-electron chi connectivity index (χ0n) is 11.5. The fourth-order valence-corrected chi connectivity index (χ4v) is 3.92. The van der Waals surface area contributed by atoms with Gasteiger partial charge in [-0.1, -0.05) is 0 Å². The summed E-state index contributed by atoms with van der Waals surface area (Å²) in [5, 5.41) is -0.570. The van der Waals surface area contributed by atoms with Crippen molar-refractivity contribution in [1.29, 1.82) is 0 Å². The fraction of sp³-hybridized carbons (Fsp3) is 0.615. The molecule has 2 aliphatic heterocycles. The number of rotatable bonds is 4. The summed E-state index contributed by atoms with van der Waals surface area (Å²) in [7, 11) is -3.95. The normalized spacial score (nSPS) is 26.7. The molecule has 3 heterocycles. The van der Waals surface area contributed by atoms with Crippen LogP contribution >= 0.6 is 0 Å². The molecule has 0 bridgehead atoms. The number of aromatic nitrogens is 1. The van der Waals surface area contributed by atoms with Gasteiger partial charge in [-0.15, -0.1) is 0 Å². The average Bonchev–Trinajstić information content (AvgIpc) is 2.93. The molecule has 2 aliphatic rings. The standard InChI is InChI=1S/C13H18FN3O3S/c14-12-4-1-5-15-13(12)21(18,19)16-7-11-8-17-6-2-3-10(17)9-20-11/h1,4-5,10-11,16H,2-3,6-9H2. The van der Waals surface area contributed by atoms with Crippen molar-refractivity contribution in [3.8, 4) is 0 Å². The first-order valence-corrected chi connectivity index (χ1v) is 8.50. The summed E-state index contributed by atoms with van der Waals surface area (Å²) in [6.07, 6.45) is 3.34. The quantitative estimate of drug-likeness (QED) is 0.869. The number of sulfonamides is 1. The summed E-state index contributed by atoms with van der Waals surface area (Å²) >= 11 is 0. The van der Waals surface area contributed by atoms with Gasteiger partial charge in [0.05, 0.1) is 12.7 Å². The van der Waals surface area contributed by atoms with Gasteiger partial charge < -0.3 is 4.74 Å². The van der Waals surface area contributed by atoms with E-state index in [1.165, 1.54) is 12.3 Å². The molecule has 2 unspecified atom stereocenters. The summed E-state index contributed by atoms with van der Waals surface area (Å²) in [5.74, 6) is -0.853. The van der Waals surface area contributed by atoms with Crippen molar-refractivity contribution >= 4 is 10.0 Å². The minimum absolute atomic E-state index is 0.127. The molecule has 8 heteroatoms. The Hall–Kier alpha value is -1.09. The molecular formula is C13H18FN3O3S. The smallest absolute Gasteiger partial charge is 0.261 e. The molecule has 2 saturated heterocycles. The molecule has 0 spiro atoms. The maximum Gasteiger partial charge on any atom is 0.261 e. The highest BCUT2D eigenvalue weighted by Gasteiger charge is 2.33. The van der Waals surface area contributed by atoms with E-state index in [2.05, 4.69) is 14.6 Å². The second kappa shape index (κ2) is 5.96. The largest absolute Gasteiger partial charge is 0.374 e. The zero-order chi connectivity index (χ0) is 14.9. The highest BCUT2D eigenvalue weighted by atomic mass is 32.2. The Labute approximate surface area is 123 Å². The van der Waals surface area contributed by atoms with Gasteiger partial charge >= 0.3 is 0 Å². The van der Waals surface area contributed by atoms with E-state index in [4.69, 9.17) is 4.74 Å². The lowest BCUT2D eigenvalue weighted by Crippen LogP contribution is -2.50. The Bertz CT molecular complexity index is 610. The van der Waals surface area contributed by atoms with E-state index in [-0.39, 0.29) is 12.6 Å². The van der Waals surface area contributed by atoms with Gasteiger partial charge in [-0.25, -0.2) is 22.5 Å². The second-order valence-electron chi connectivity index (χ2n) is 5.39. The van der Waals surface area contributed by atoms with Crippen LogP contribution in [0.4, 0.5) is 4.39 Å². The lowest BCUT2D eigenvalue weighted by Gasteiger charge is -2.35. The monoisotopic (exact) mass is 315 g/mol. The Morgan fingerprint density at radius 2 is 2.38 bits per heavy atom. The van der Waals surface area contributed by atoms with Crippen LogP contribution in [0.15, 0.2) is 23.4 Å². The molecule has 0 saturated carbocycles. The minimum atomic E-state index is -3.95. The van der Waals surface area contributed by atoms with E-state index in [0.29, 0.717) is 19.2 Å². The van der Waals surface area contributed by atoms with Crippen LogP contribution in [0.3, 0.4) is 0 Å². The lowest BCUT2D eigenvalue weighted by atomic mass is 10.2. The number of halogens is 1. The molecule has 2 atom stereocenters. The molecule has 2 fully saturated rings. The van der Waals surface area contributed by atoms with Crippen LogP contribution in [0.2, 0.25) is 0 Å². The Kier molecular flexibility index (Phi) is 4.21. The number of nitrogens with zero attached hydrogens (tertiary/aromatic N) is 2. The van der Waals surface area contributed by atoms with E-state index in [9.17, 15) is 12.8 Å². The minimum Gasteiger partial charge on any atom is -0.374 e. The summed E-state index contributed by atoms with van der Waals surface area (Å²) in [5.41, 5.74) is 0. The summed E-state index contributed by atoms with van der Waals surface area (Å²) in [4.78, 5) is 5.91. The Morgan fingerprint density at radius 1 is 1.52 bits per heavy atom. The average molecular weight is 315 g/mol. The predicted molar refractivity (Wildman–Crippen MR) is 73.7 cm³/mol. The summed E-state index contributed by atoms with van der Waals surface area (Å²) in [6.45, 7) is 2.50. The maximum absolute atomic E-state index is 13.5. The molecule has 0 aliphatic carbocycles. The molecule has 0 radical (unpaired) electrons. The zero-order valence-corrected chi connectivity index (χ0v) is 12.4. The van der Waals surface area contributed by atoms with Gasteiger partial charge in [0.25, 0.3) is 10.0 Å². The number of fused-ring (bicyclic) bond motifs is 1. The number of pyridine rings is 1. The van der Waals surface area contributed by atoms with Crippen molar-refractivity contribution in [2.45, 2.75) is 30.0 Å². The number of nitrogens with one attached hydrogen (secondary N) is 1.